The highest BCUT2D eigenvalue weighted by atomic mass is 32.2. The van der Waals surface area contributed by atoms with Gasteiger partial charge >= 0.3 is 0 Å². The molecule has 0 bridgehead atoms. The summed E-state index contributed by atoms with van der Waals surface area (Å²) in [7, 11) is 1.88. The maximum Gasteiger partial charge on any atom is 0.264 e. The first-order valence-corrected chi connectivity index (χ1v) is 9.50. The summed E-state index contributed by atoms with van der Waals surface area (Å²) in [6.45, 7) is 1.97. The van der Waals surface area contributed by atoms with Crippen LogP contribution >= 0.6 is 11.8 Å². The van der Waals surface area contributed by atoms with Gasteiger partial charge < -0.3 is 5.32 Å². The second-order valence-electron chi connectivity index (χ2n) is 6.64. The third-order valence-corrected chi connectivity index (χ3v) is 5.63. The van der Waals surface area contributed by atoms with E-state index in [0.29, 0.717) is 10.9 Å². The fourth-order valence-corrected chi connectivity index (χ4v) is 4.31. The normalized spacial score (nSPS) is 22.2. The van der Waals surface area contributed by atoms with Crippen molar-refractivity contribution in [1.29, 1.82) is 0 Å². The van der Waals surface area contributed by atoms with Gasteiger partial charge in [0.15, 0.2) is 10.8 Å². The number of rotatable bonds is 2. The Labute approximate surface area is 150 Å². The third-order valence-electron chi connectivity index (χ3n) is 4.71. The Kier molecular flexibility index (Phi) is 4.33. The van der Waals surface area contributed by atoms with E-state index < -0.39 is 0 Å². The Morgan fingerprint density at radius 1 is 1.36 bits per heavy atom. The highest BCUT2D eigenvalue weighted by Gasteiger charge is 2.25. The number of aliphatic imine (C=N–C) groups is 1. The number of hydrogen-bond acceptors (Lipinski definition) is 5. The summed E-state index contributed by atoms with van der Waals surface area (Å²) < 4.78 is 1.77. The van der Waals surface area contributed by atoms with E-state index in [4.69, 9.17) is 4.99 Å². The van der Waals surface area contributed by atoms with Gasteiger partial charge in [0, 0.05) is 18.6 Å². The predicted molar refractivity (Wildman–Crippen MR) is 101 cm³/mol. The van der Waals surface area contributed by atoms with Crippen molar-refractivity contribution in [3.63, 3.8) is 0 Å². The molecule has 2 aromatic heterocycles. The zero-order valence-electron chi connectivity index (χ0n) is 14.5. The number of pyridine rings is 1. The molecule has 0 spiro atoms. The molecule has 0 aromatic carbocycles. The molecule has 1 aliphatic carbocycles. The average Bonchev–Trinajstić information content (AvgIpc) is 3.08. The second kappa shape index (κ2) is 6.63. The molecule has 1 saturated carbocycles. The van der Waals surface area contributed by atoms with E-state index in [1.807, 2.05) is 26.1 Å². The average molecular weight is 355 g/mol. The van der Waals surface area contributed by atoms with Crippen LogP contribution < -0.4 is 5.32 Å². The molecule has 6 nitrogen and oxygen atoms in total. The van der Waals surface area contributed by atoms with Crippen molar-refractivity contribution in [2.24, 2.45) is 12.0 Å². The van der Waals surface area contributed by atoms with Crippen molar-refractivity contribution in [1.82, 2.24) is 20.1 Å². The smallest absolute Gasteiger partial charge is 0.264 e. The number of amides is 1. The quantitative estimate of drug-likeness (QED) is 0.840. The monoisotopic (exact) mass is 355 g/mol. The Hall–Kier alpha value is -2.15. The van der Waals surface area contributed by atoms with Crippen LogP contribution in [0.25, 0.3) is 17.1 Å². The zero-order chi connectivity index (χ0) is 17.4. The SMILES string of the molecule is Cc1nn(C)c2ncc(C=C3SC(=NC4CCCCC4)NC3=O)cc12. The molecule has 0 unspecified atom stereocenters. The number of aryl methyl sites for hydroxylation is 2. The molecule has 1 amide bonds. The lowest BCUT2D eigenvalue weighted by Crippen LogP contribution is -2.22. The lowest BCUT2D eigenvalue weighted by atomic mass is 9.96. The number of fused-ring (bicyclic) bond motifs is 1. The maximum absolute atomic E-state index is 12.2. The van der Waals surface area contributed by atoms with Gasteiger partial charge in [-0.25, -0.2) is 4.98 Å². The summed E-state index contributed by atoms with van der Waals surface area (Å²) in [5, 5.41) is 9.02. The van der Waals surface area contributed by atoms with Crippen LogP contribution in [-0.2, 0) is 11.8 Å². The zero-order valence-corrected chi connectivity index (χ0v) is 15.3. The third kappa shape index (κ3) is 3.33. The van der Waals surface area contributed by atoms with Crippen LogP contribution in [0, 0.1) is 6.92 Å². The summed E-state index contributed by atoms with van der Waals surface area (Å²) in [4.78, 5) is 22.1. The van der Waals surface area contributed by atoms with Crippen molar-refractivity contribution in [3.05, 3.63) is 28.4 Å². The molecular formula is C18H21N5OS. The Bertz CT molecular complexity index is 892. The number of aromatic nitrogens is 3. The lowest BCUT2D eigenvalue weighted by molar-refractivity contribution is -0.115. The molecule has 130 valence electrons. The molecule has 3 heterocycles. The fraction of sp³-hybridized carbons (Fsp3) is 0.444. The van der Waals surface area contributed by atoms with Gasteiger partial charge in [0.1, 0.15) is 0 Å². The molecule has 4 rings (SSSR count). The maximum atomic E-state index is 12.2. The number of thioether (sulfide) groups is 1. The summed E-state index contributed by atoms with van der Waals surface area (Å²) in [5.74, 6) is -0.0810. The molecule has 2 aromatic rings. The molecule has 0 atom stereocenters. The van der Waals surface area contributed by atoms with Crippen molar-refractivity contribution < 1.29 is 4.79 Å². The number of carbonyl (C=O) groups is 1. The van der Waals surface area contributed by atoms with Crippen LogP contribution in [0.15, 0.2) is 22.2 Å². The van der Waals surface area contributed by atoms with Gasteiger partial charge in [0.05, 0.1) is 16.6 Å². The number of amidine groups is 1. The van der Waals surface area contributed by atoms with Crippen molar-refractivity contribution in [2.45, 2.75) is 45.1 Å². The minimum Gasteiger partial charge on any atom is -0.301 e. The number of hydrogen-bond donors (Lipinski definition) is 1. The molecule has 1 aliphatic heterocycles. The predicted octanol–water partition coefficient (Wildman–Crippen LogP) is 3.17. The molecule has 1 saturated heterocycles. The van der Waals surface area contributed by atoms with Gasteiger partial charge in [-0.1, -0.05) is 19.3 Å². The van der Waals surface area contributed by atoms with Crippen LogP contribution in [0.5, 0.6) is 0 Å². The largest absolute Gasteiger partial charge is 0.301 e. The molecular weight excluding hydrogens is 334 g/mol. The Morgan fingerprint density at radius 3 is 2.96 bits per heavy atom. The fourth-order valence-electron chi connectivity index (χ4n) is 3.42. The summed E-state index contributed by atoms with van der Waals surface area (Å²) in [5.41, 5.74) is 2.69. The van der Waals surface area contributed by atoms with Gasteiger partial charge in [-0.3, -0.25) is 14.5 Å². The summed E-state index contributed by atoms with van der Waals surface area (Å²) in [6, 6.07) is 2.38. The molecule has 0 radical (unpaired) electrons. The summed E-state index contributed by atoms with van der Waals surface area (Å²) in [6.07, 6.45) is 9.68. The first-order valence-electron chi connectivity index (χ1n) is 8.68. The number of nitrogens with zero attached hydrogens (tertiary/aromatic N) is 4. The Morgan fingerprint density at radius 2 is 2.16 bits per heavy atom. The molecule has 25 heavy (non-hydrogen) atoms. The topological polar surface area (TPSA) is 72.2 Å². The van der Waals surface area contributed by atoms with E-state index in [2.05, 4.69) is 15.4 Å². The van der Waals surface area contributed by atoms with Gasteiger partial charge in [0.2, 0.25) is 0 Å². The summed E-state index contributed by atoms with van der Waals surface area (Å²) >= 11 is 1.42. The van der Waals surface area contributed by atoms with Crippen LogP contribution in [0.4, 0.5) is 0 Å². The molecule has 1 N–H and O–H groups in total. The highest BCUT2D eigenvalue weighted by Crippen LogP contribution is 2.29. The highest BCUT2D eigenvalue weighted by molar-refractivity contribution is 8.18. The van der Waals surface area contributed by atoms with E-state index in [-0.39, 0.29) is 5.91 Å². The van der Waals surface area contributed by atoms with E-state index in [9.17, 15) is 4.79 Å². The number of carbonyl (C=O) groups excluding carboxylic acids is 1. The first kappa shape index (κ1) is 16.3. The second-order valence-corrected chi connectivity index (χ2v) is 7.67. The first-order chi connectivity index (χ1) is 12.1. The minimum absolute atomic E-state index is 0.0810. The van der Waals surface area contributed by atoms with Crippen molar-refractivity contribution in [2.75, 3.05) is 0 Å². The van der Waals surface area contributed by atoms with E-state index in [1.165, 1.54) is 31.0 Å². The van der Waals surface area contributed by atoms with Gasteiger partial charge in [-0.15, -0.1) is 0 Å². The lowest BCUT2D eigenvalue weighted by Gasteiger charge is -2.17. The van der Waals surface area contributed by atoms with Crippen LogP contribution in [0.2, 0.25) is 0 Å². The van der Waals surface area contributed by atoms with E-state index >= 15 is 0 Å². The van der Waals surface area contributed by atoms with Crippen LogP contribution in [-0.4, -0.2) is 31.9 Å². The van der Waals surface area contributed by atoms with Gasteiger partial charge in [0.25, 0.3) is 5.91 Å². The van der Waals surface area contributed by atoms with Crippen LogP contribution in [0.1, 0.15) is 43.4 Å². The van der Waals surface area contributed by atoms with Crippen LogP contribution in [0.3, 0.4) is 0 Å². The Balaban J connectivity index is 1.57. The van der Waals surface area contributed by atoms with E-state index in [0.717, 1.165) is 40.3 Å². The van der Waals surface area contributed by atoms with E-state index in [1.54, 1.807) is 10.9 Å². The van der Waals surface area contributed by atoms with Crippen molar-refractivity contribution >= 4 is 39.9 Å². The molecule has 2 aliphatic rings. The molecule has 2 fully saturated rings. The molecule has 7 heteroatoms. The standard InChI is InChI=1S/C18H21N5OS/c1-11-14-8-12(10-19-16(14)23(2)22-11)9-15-17(24)21-18(25-15)20-13-6-4-3-5-7-13/h8-10,13H,3-7H2,1-2H3,(H,20,21,24). The van der Waals surface area contributed by atoms with Crippen molar-refractivity contribution in [3.8, 4) is 0 Å². The minimum atomic E-state index is -0.0810. The van der Waals surface area contributed by atoms with Gasteiger partial charge in [-0.05, 0) is 49.2 Å². The number of nitrogens with one attached hydrogen (secondary N) is 1. The van der Waals surface area contributed by atoms with Gasteiger partial charge in [-0.2, -0.15) is 5.10 Å².